The van der Waals surface area contributed by atoms with Gasteiger partial charge in [-0.25, -0.2) is 4.98 Å². The number of aliphatic carboxylic acids is 1. The van der Waals surface area contributed by atoms with E-state index in [1.165, 1.54) is 30.0 Å². The standard InChI is InChI=1S/C11H16N2O2S/c14-11(15)2-1-10-12-7-9(13-10)8-3-5-16-6-4-8/h7-8H,1-6H2,(H,12,13)(H,14,15). The topological polar surface area (TPSA) is 66.0 Å². The molecule has 2 heterocycles. The molecule has 1 aliphatic rings. The average Bonchev–Trinajstić information content (AvgIpc) is 2.76. The van der Waals surface area contributed by atoms with Crippen molar-refractivity contribution < 1.29 is 9.90 Å². The van der Waals surface area contributed by atoms with Gasteiger partial charge < -0.3 is 10.1 Å². The second-order valence-corrected chi connectivity index (χ2v) is 5.29. The van der Waals surface area contributed by atoms with Gasteiger partial charge in [0.15, 0.2) is 0 Å². The number of aryl methyl sites for hydroxylation is 1. The summed E-state index contributed by atoms with van der Waals surface area (Å²) >= 11 is 2.00. The highest BCUT2D eigenvalue weighted by atomic mass is 32.2. The van der Waals surface area contributed by atoms with E-state index >= 15 is 0 Å². The molecule has 0 radical (unpaired) electrons. The highest BCUT2D eigenvalue weighted by Gasteiger charge is 2.17. The Kier molecular flexibility index (Phi) is 3.88. The van der Waals surface area contributed by atoms with Crippen molar-refractivity contribution in [2.24, 2.45) is 0 Å². The normalized spacial score (nSPS) is 17.5. The fourth-order valence-electron chi connectivity index (χ4n) is 1.95. The van der Waals surface area contributed by atoms with Crippen molar-refractivity contribution >= 4 is 17.7 Å². The summed E-state index contributed by atoms with van der Waals surface area (Å²) in [6.07, 6.45) is 4.92. The van der Waals surface area contributed by atoms with Crippen LogP contribution >= 0.6 is 11.8 Å². The second-order valence-electron chi connectivity index (χ2n) is 4.07. The fourth-order valence-corrected chi connectivity index (χ4v) is 3.05. The Morgan fingerprint density at radius 2 is 2.31 bits per heavy atom. The number of rotatable bonds is 4. The number of hydrogen-bond donors (Lipinski definition) is 2. The van der Waals surface area contributed by atoms with Gasteiger partial charge in [0.2, 0.25) is 0 Å². The van der Waals surface area contributed by atoms with Crippen LogP contribution in [0, 0.1) is 0 Å². The number of carbonyl (C=O) groups is 1. The van der Waals surface area contributed by atoms with Gasteiger partial charge in [-0.2, -0.15) is 11.8 Å². The molecule has 0 spiro atoms. The summed E-state index contributed by atoms with van der Waals surface area (Å²) in [6, 6.07) is 0. The number of aromatic amines is 1. The van der Waals surface area contributed by atoms with E-state index in [2.05, 4.69) is 9.97 Å². The molecule has 16 heavy (non-hydrogen) atoms. The molecule has 0 aromatic carbocycles. The predicted molar refractivity (Wildman–Crippen MR) is 63.8 cm³/mol. The van der Waals surface area contributed by atoms with E-state index in [-0.39, 0.29) is 6.42 Å². The molecule has 0 unspecified atom stereocenters. The Bertz CT molecular complexity index is 359. The number of imidazole rings is 1. The number of carboxylic acids is 1. The SMILES string of the molecule is O=C(O)CCc1ncc(C2CCSCC2)[nH]1. The van der Waals surface area contributed by atoms with Crippen molar-refractivity contribution in [3.05, 3.63) is 17.7 Å². The van der Waals surface area contributed by atoms with E-state index in [0.717, 1.165) is 5.82 Å². The number of carboxylic acid groups (broad SMARTS) is 1. The molecule has 0 saturated carbocycles. The van der Waals surface area contributed by atoms with Crippen LogP contribution in [0.25, 0.3) is 0 Å². The molecule has 88 valence electrons. The summed E-state index contributed by atoms with van der Waals surface area (Å²) in [5.74, 6) is 3.05. The van der Waals surface area contributed by atoms with Crippen molar-refractivity contribution in [3.8, 4) is 0 Å². The molecule has 0 aliphatic carbocycles. The number of H-pyrrole nitrogens is 1. The minimum absolute atomic E-state index is 0.146. The minimum Gasteiger partial charge on any atom is -0.481 e. The molecule has 1 aliphatic heterocycles. The van der Waals surface area contributed by atoms with Crippen LogP contribution in [0.2, 0.25) is 0 Å². The van der Waals surface area contributed by atoms with Crippen LogP contribution in [0.15, 0.2) is 6.20 Å². The number of nitrogens with zero attached hydrogens (tertiary/aromatic N) is 1. The Labute approximate surface area is 98.9 Å². The van der Waals surface area contributed by atoms with Gasteiger partial charge in [-0.1, -0.05) is 0 Å². The van der Waals surface area contributed by atoms with Crippen molar-refractivity contribution in [1.82, 2.24) is 9.97 Å². The summed E-state index contributed by atoms with van der Waals surface area (Å²) in [5.41, 5.74) is 1.18. The first-order valence-corrected chi connectivity index (χ1v) is 6.74. The molecule has 0 amide bonds. The Balaban J connectivity index is 1.93. The van der Waals surface area contributed by atoms with E-state index in [0.29, 0.717) is 12.3 Å². The summed E-state index contributed by atoms with van der Waals surface area (Å²) in [4.78, 5) is 17.9. The predicted octanol–water partition coefficient (Wildman–Crippen LogP) is 2.04. The molecular weight excluding hydrogens is 224 g/mol. The monoisotopic (exact) mass is 240 g/mol. The summed E-state index contributed by atoms with van der Waals surface area (Å²) in [7, 11) is 0. The molecule has 0 bridgehead atoms. The molecule has 1 saturated heterocycles. The highest BCUT2D eigenvalue weighted by molar-refractivity contribution is 7.99. The second kappa shape index (κ2) is 5.39. The first kappa shape index (κ1) is 11.5. The zero-order valence-corrected chi connectivity index (χ0v) is 9.92. The molecule has 4 nitrogen and oxygen atoms in total. The Morgan fingerprint density at radius 1 is 1.56 bits per heavy atom. The van der Waals surface area contributed by atoms with E-state index in [1.54, 1.807) is 0 Å². The lowest BCUT2D eigenvalue weighted by atomic mass is 10.00. The van der Waals surface area contributed by atoms with Crippen LogP contribution in [-0.4, -0.2) is 32.5 Å². The average molecular weight is 240 g/mol. The quantitative estimate of drug-likeness (QED) is 0.845. The van der Waals surface area contributed by atoms with Gasteiger partial charge in [0.25, 0.3) is 0 Å². The van der Waals surface area contributed by atoms with Crippen molar-refractivity contribution in [1.29, 1.82) is 0 Å². The van der Waals surface area contributed by atoms with E-state index in [9.17, 15) is 4.79 Å². The maximum Gasteiger partial charge on any atom is 0.303 e. The number of nitrogens with one attached hydrogen (secondary N) is 1. The fraction of sp³-hybridized carbons (Fsp3) is 0.636. The molecule has 1 aromatic heterocycles. The van der Waals surface area contributed by atoms with Gasteiger partial charge in [0.05, 0.1) is 6.42 Å². The third-order valence-electron chi connectivity index (χ3n) is 2.88. The van der Waals surface area contributed by atoms with Crippen LogP contribution in [0.1, 0.15) is 36.7 Å². The Morgan fingerprint density at radius 3 is 3.00 bits per heavy atom. The van der Waals surface area contributed by atoms with Crippen molar-refractivity contribution in [3.63, 3.8) is 0 Å². The number of thioether (sulfide) groups is 1. The molecule has 5 heteroatoms. The Hall–Kier alpha value is -0.970. The van der Waals surface area contributed by atoms with Gasteiger partial charge in [-0.3, -0.25) is 4.79 Å². The molecule has 0 atom stereocenters. The maximum atomic E-state index is 10.4. The molecule has 1 aromatic rings. The third kappa shape index (κ3) is 3.01. The van der Waals surface area contributed by atoms with E-state index in [4.69, 9.17) is 5.11 Å². The van der Waals surface area contributed by atoms with Gasteiger partial charge in [0.1, 0.15) is 5.82 Å². The zero-order chi connectivity index (χ0) is 11.4. The van der Waals surface area contributed by atoms with Gasteiger partial charge in [0, 0.05) is 24.2 Å². The van der Waals surface area contributed by atoms with E-state index < -0.39 is 5.97 Å². The number of aromatic nitrogens is 2. The zero-order valence-electron chi connectivity index (χ0n) is 9.11. The molecule has 2 rings (SSSR count). The third-order valence-corrected chi connectivity index (χ3v) is 3.93. The van der Waals surface area contributed by atoms with Gasteiger partial charge in [-0.15, -0.1) is 0 Å². The first-order valence-electron chi connectivity index (χ1n) is 5.59. The summed E-state index contributed by atoms with van der Waals surface area (Å²) in [6.45, 7) is 0. The number of hydrogen-bond acceptors (Lipinski definition) is 3. The van der Waals surface area contributed by atoms with Crippen LogP contribution < -0.4 is 0 Å². The van der Waals surface area contributed by atoms with Crippen LogP contribution in [0.3, 0.4) is 0 Å². The lowest BCUT2D eigenvalue weighted by Gasteiger charge is -2.19. The summed E-state index contributed by atoms with van der Waals surface area (Å²) in [5, 5.41) is 8.59. The molecule has 1 fully saturated rings. The largest absolute Gasteiger partial charge is 0.481 e. The first-order chi connectivity index (χ1) is 7.75. The lowest BCUT2D eigenvalue weighted by Crippen LogP contribution is -2.08. The van der Waals surface area contributed by atoms with Crippen molar-refractivity contribution in [2.45, 2.75) is 31.6 Å². The van der Waals surface area contributed by atoms with Crippen LogP contribution in [-0.2, 0) is 11.2 Å². The van der Waals surface area contributed by atoms with Crippen molar-refractivity contribution in [2.75, 3.05) is 11.5 Å². The maximum absolute atomic E-state index is 10.4. The van der Waals surface area contributed by atoms with Crippen LogP contribution in [0.4, 0.5) is 0 Å². The minimum atomic E-state index is -0.771. The molecular formula is C11H16N2O2S. The highest BCUT2D eigenvalue weighted by Crippen LogP contribution is 2.30. The smallest absolute Gasteiger partial charge is 0.303 e. The summed E-state index contributed by atoms with van der Waals surface area (Å²) < 4.78 is 0. The van der Waals surface area contributed by atoms with E-state index in [1.807, 2.05) is 18.0 Å². The molecule has 2 N–H and O–H groups in total. The van der Waals surface area contributed by atoms with Gasteiger partial charge >= 0.3 is 5.97 Å². The lowest BCUT2D eigenvalue weighted by molar-refractivity contribution is -0.137. The van der Waals surface area contributed by atoms with Crippen LogP contribution in [0.5, 0.6) is 0 Å². The van der Waals surface area contributed by atoms with Gasteiger partial charge in [-0.05, 0) is 24.3 Å².